The lowest BCUT2D eigenvalue weighted by atomic mass is 10.0. The number of aryl methyl sites for hydroxylation is 1. The van der Waals surface area contributed by atoms with Crippen molar-refractivity contribution in [1.82, 2.24) is 0 Å². The molecule has 0 amide bonds. The molecule has 2 aromatic carbocycles. The Balaban J connectivity index is 0.000000597. The van der Waals surface area contributed by atoms with Gasteiger partial charge < -0.3 is 18.2 Å². The first-order valence-corrected chi connectivity index (χ1v) is 11.3. The van der Waals surface area contributed by atoms with E-state index >= 15 is 0 Å². The summed E-state index contributed by atoms with van der Waals surface area (Å²) in [7, 11) is -7.78. The van der Waals surface area contributed by atoms with Crippen LogP contribution in [0.5, 0.6) is 11.5 Å². The number of para-hydroxylation sites is 1. The monoisotopic (exact) mass is 402 g/mol. The van der Waals surface area contributed by atoms with Gasteiger partial charge in [-0.1, -0.05) is 44.2 Å². The van der Waals surface area contributed by atoms with E-state index in [4.69, 9.17) is 18.2 Å². The van der Waals surface area contributed by atoms with E-state index in [2.05, 4.69) is 0 Å². The Bertz CT molecular complexity index is 836. The Morgan fingerprint density at radius 1 is 0.923 bits per heavy atom. The van der Waals surface area contributed by atoms with Crippen LogP contribution in [0.15, 0.2) is 48.5 Å². The normalized spacial score (nSPS) is 11.3. The van der Waals surface area contributed by atoms with E-state index in [0.717, 1.165) is 24.2 Å². The highest BCUT2D eigenvalue weighted by atomic mass is 32.3. The third-order valence-corrected chi connectivity index (χ3v) is 3.88. The van der Waals surface area contributed by atoms with Crippen molar-refractivity contribution in [1.29, 1.82) is 0 Å². The van der Waals surface area contributed by atoms with Crippen molar-refractivity contribution in [3.05, 3.63) is 59.7 Å². The summed E-state index contributed by atoms with van der Waals surface area (Å²) in [4.78, 5) is 15.3. The minimum absolute atomic E-state index is 0.224. The molecule has 0 atom stereocenters. The Morgan fingerprint density at radius 3 is 2.00 bits per heavy atom. The summed E-state index contributed by atoms with van der Waals surface area (Å²) in [6, 6.07) is 13.7. The van der Waals surface area contributed by atoms with Gasteiger partial charge in [-0.25, -0.2) is 0 Å². The van der Waals surface area contributed by atoms with Gasteiger partial charge in [0, 0.05) is 6.66 Å². The number of benzene rings is 2. The van der Waals surface area contributed by atoms with Crippen LogP contribution in [-0.4, -0.2) is 24.9 Å². The van der Waals surface area contributed by atoms with Crippen LogP contribution in [0.2, 0.25) is 0 Å². The molecule has 0 aliphatic rings. The molecule has 9 heteroatoms. The van der Waals surface area contributed by atoms with E-state index in [-0.39, 0.29) is 5.75 Å². The highest BCUT2D eigenvalue weighted by Crippen LogP contribution is 2.27. The zero-order valence-corrected chi connectivity index (χ0v) is 16.5. The molecule has 0 saturated carbocycles. The fourth-order valence-corrected chi connectivity index (χ4v) is 2.90. The van der Waals surface area contributed by atoms with Gasteiger partial charge in [-0.05, 0) is 42.2 Å². The summed E-state index contributed by atoms with van der Waals surface area (Å²) in [5.41, 5.74) is 1.96. The predicted molar refractivity (Wildman–Crippen MR) is 99.8 cm³/mol. The van der Waals surface area contributed by atoms with E-state index in [1.54, 1.807) is 42.5 Å². The van der Waals surface area contributed by atoms with Gasteiger partial charge in [0.15, 0.2) is 0 Å². The van der Waals surface area contributed by atoms with Crippen molar-refractivity contribution >= 4 is 18.0 Å². The fourth-order valence-electron chi connectivity index (χ4n) is 2.14. The molecule has 0 aromatic heterocycles. The lowest BCUT2D eigenvalue weighted by molar-refractivity contribution is 0.381. The molecule has 2 rings (SSSR count). The maximum atomic E-state index is 12.0. The molecule has 0 fully saturated rings. The maximum Gasteiger partial charge on any atom is 0.500 e. The highest BCUT2D eigenvalue weighted by Gasteiger charge is 2.18. The lowest BCUT2D eigenvalue weighted by Gasteiger charge is -2.13. The number of hydrogen-bond acceptors (Lipinski definition) is 5. The fraction of sp³-hybridized carbons (Fsp3) is 0.294. The summed E-state index contributed by atoms with van der Waals surface area (Å²) in [5.74, 6) is 0.551. The first-order valence-electron chi connectivity index (χ1n) is 7.88. The minimum Gasteiger partial charge on any atom is -0.353 e. The average Bonchev–Trinajstić information content (AvgIpc) is 2.53. The average molecular weight is 402 g/mol. The minimum atomic E-state index is -4.15. The van der Waals surface area contributed by atoms with Crippen LogP contribution < -0.4 is 8.37 Å². The standard InChI is InChI=1S/C16H18O4S.CH5O3P/c1-3-13-9-8-12-16(15(13)4-2)20-21(17,18)19-14-10-6-5-7-11-14;1-5(2,3)4/h5-12H,3-4H2,1-2H3;1H3,(H2,2,3,4). The zero-order chi connectivity index (χ0) is 19.8. The van der Waals surface area contributed by atoms with E-state index in [1.807, 2.05) is 19.9 Å². The van der Waals surface area contributed by atoms with E-state index in [1.165, 1.54) is 0 Å². The van der Waals surface area contributed by atoms with Gasteiger partial charge in [0.2, 0.25) is 0 Å². The van der Waals surface area contributed by atoms with Crippen LogP contribution >= 0.6 is 7.60 Å². The SMILES string of the molecule is CCc1cccc(OS(=O)(=O)Oc2ccccc2)c1CC.CP(=O)(O)O. The first kappa shape index (κ1) is 22.2. The van der Waals surface area contributed by atoms with Gasteiger partial charge in [0.05, 0.1) is 0 Å². The molecule has 26 heavy (non-hydrogen) atoms. The largest absolute Gasteiger partial charge is 0.500 e. The third-order valence-electron chi connectivity index (χ3n) is 3.10. The molecule has 2 aromatic rings. The molecule has 0 unspecified atom stereocenters. The second-order valence-corrected chi connectivity index (χ2v) is 8.14. The quantitative estimate of drug-likeness (QED) is 0.713. The van der Waals surface area contributed by atoms with Crippen LogP contribution in [0.1, 0.15) is 25.0 Å². The van der Waals surface area contributed by atoms with Crippen molar-refractivity contribution in [2.45, 2.75) is 26.7 Å². The van der Waals surface area contributed by atoms with Crippen LogP contribution in [-0.2, 0) is 27.8 Å². The second-order valence-electron chi connectivity index (χ2n) is 5.32. The van der Waals surface area contributed by atoms with E-state index in [0.29, 0.717) is 12.2 Å². The molecule has 7 nitrogen and oxygen atoms in total. The summed E-state index contributed by atoms with van der Waals surface area (Å²) >= 11 is 0. The Kier molecular flexibility index (Phi) is 8.30. The summed E-state index contributed by atoms with van der Waals surface area (Å²) in [6.07, 6.45) is 1.51. The van der Waals surface area contributed by atoms with Crippen molar-refractivity contribution in [2.24, 2.45) is 0 Å². The maximum absolute atomic E-state index is 12.0. The highest BCUT2D eigenvalue weighted by molar-refractivity contribution is 7.82. The topological polar surface area (TPSA) is 110 Å². The van der Waals surface area contributed by atoms with Gasteiger partial charge in [0.25, 0.3) is 0 Å². The van der Waals surface area contributed by atoms with Crippen molar-refractivity contribution < 1.29 is 31.1 Å². The molecule has 2 N–H and O–H groups in total. The van der Waals surface area contributed by atoms with Crippen LogP contribution in [0, 0.1) is 0 Å². The van der Waals surface area contributed by atoms with E-state index < -0.39 is 18.0 Å². The lowest BCUT2D eigenvalue weighted by Crippen LogP contribution is -2.17. The number of hydrogen-bond donors (Lipinski definition) is 2. The Morgan fingerprint density at radius 2 is 1.50 bits per heavy atom. The van der Waals surface area contributed by atoms with Crippen molar-refractivity contribution in [2.75, 3.05) is 6.66 Å². The molecule has 0 bridgehead atoms. The molecule has 144 valence electrons. The van der Waals surface area contributed by atoms with Crippen molar-refractivity contribution in [3.63, 3.8) is 0 Å². The third kappa shape index (κ3) is 8.49. The zero-order valence-electron chi connectivity index (χ0n) is 14.8. The summed E-state index contributed by atoms with van der Waals surface area (Å²) in [6.45, 7) is 4.84. The van der Waals surface area contributed by atoms with Gasteiger partial charge in [-0.2, -0.15) is 0 Å². The molecule has 0 radical (unpaired) electrons. The van der Waals surface area contributed by atoms with Crippen LogP contribution in [0.25, 0.3) is 0 Å². The summed E-state index contributed by atoms with van der Waals surface area (Å²) < 4.78 is 43.4. The van der Waals surface area contributed by atoms with Crippen LogP contribution in [0.4, 0.5) is 0 Å². The smallest absolute Gasteiger partial charge is 0.353 e. The molecule has 0 aliphatic heterocycles. The molecule has 0 saturated heterocycles. The van der Waals surface area contributed by atoms with Gasteiger partial charge >= 0.3 is 18.0 Å². The summed E-state index contributed by atoms with van der Waals surface area (Å²) in [5, 5.41) is 0. The Hall–Kier alpha value is -1.86. The number of rotatable bonds is 6. The molecule has 0 aliphatic carbocycles. The van der Waals surface area contributed by atoms with Crippen molar-refractivity contribution in [3.8, 4) is 11.5 Å². The van der Waals surface area contributed by atoms with E-state index in [9.17, 15) is 13.0 Å². The first-order chi connectivity index (χ1) is 12.1. The Labute approximate surface area is 154 Å². The predicted octanol–water partition coefficient (Wildman–Crippen LogP) is 3.31. The molecule has 0 spiro atoms. The van der Waals surface area contributed by atoms with Gasteiger partial charge in [-0.3, -0.25) is 4.57 Å². The molecule has 0 heterocycles. The van der Waals surface area contributed by atoms with Gasteiger partial charge in [0.1, 0.15) is 11.5 Å². The molecular formula is C17H23O7PS. The molecular weight excluding hydrogens is 379 g/mol. The van der Waals surface area contributed by atoms with Gasteiger partial charge in [-0.15, -0.1) is 8.42 Å². The second kappa shape index (κ2) is 9.73. The van der Waals surface area contributed by atoms with Crippen LogP contribution in [0.3, 0.4) is 0 Å².